The zero-order valence-electron chi connectivity index (χ0n) is 8.01. The van der Waals surface area contributed by atoms with E-state index in [1.807, 2.05) is 25.1 Å². The minimum absolute atomic E-state index is 0.141. The van der Waals surface area contributed by atoms with Crippen LogP contribution in [0.4, 0.5) is 0 Å². The quantitative estimate of drug-likeness (QED) is 0.757. The molecule has 1 atom stereocenters. The minimum atomic E-state index is 0.141. The highest BCUT2D eigenvalue weighted by atomic mass is 35.5. The first-order chi connectivity index (χ1) is 6.66. The number of amides is 1. The number of benzene rings is 1. The maximum Gasteiger partial charge on any atom is 0.220 e. The van der Waals surface area contributed by atoms with Crippen molar-refractivity contribution in [1.29, 1.82) is 0 Å². The summed E-state index contributed by atoms with van der Waals surface area (Å²) in [6, 6.07) is 6.08. The zero-order valence-corrected chi connectivity index (χ0v) is 8.77. The highest BCUT2D eigenvalue weighted by molar-refractivity contribution is 6.31. The number of nitrogens with one attached hydrogen (secondary N) is 1. The third kappa shape index (κ3) is 1.75. The summed E-state index contributed by atoms with van der Waals surface area (Å²) in [6.07, 6.45) is 1.52. The minimum Gasteiger partial charge on any atom is -0.349 e. The lowest BCUT2D eigenvalue weighted by Crippen LogP contribution is -2.18. The molecule has 2 nitrogen and oxygen atoms in total. The predicted molar refractivity (Wildman–Crippen MR) is 56.3 cm³/mol. The number of aryl methyl sites for hydroxylation is 1. The number of hydrogen-bond donors (Lipinski definition) is 1. The van der Waals surface area contributed by atoms with Crippen molar-refractivity contribution in [1.82, 2.24) is 5.32 Å². The van der Waals surface area contributed by atoms with Crippen LogP contribution >= 0.6 is 11.6 Å². The van der Waals surface area contributed by atoms with E-state index in [1.165, 1.54) is 0 Å². The Morgan fingerprint density at radius 2 is 2.29 bits per heavy atom. The molecule has 2 rings (SSSR count). The van der Waals surface area contributed by atoms with Crippen molar-refractivity contribution in [3.63, 3.8) is 0 Å². The Labute approximate surface area is 88.3 Å². The van der Waals surface area contributed by atoms with E-state index in [0.717, 1.165) is 22.6 Å². The second-order valence-electron chi connectivity index (χ2n) is 3.67. The molecule has 14 heavy (non-hydrogen) atoms. The Balaban J connectivity index is 2.24. The van der Waals surface area contributed by atoms with E-state index >= 15 is 0 Å². The van der Waals surface area contributed by atoms with Crippen molar-refractivity contribution in [2.24, 2.45) is 0 Å². The van der Waals surface area contributed by atoms with Gasteiger partial charge in [-0.3, -0.25) is 4.79 Å². The van der Waals surface area contributed by atoms with E-state index < -0.39 is 0 Å². The molecule has 1 saturated heterocycles. The van der Waals surface area contributed by atoms with E-state index in [0.29, 0.717) is 6.42 Å². The molecule has 1 heterocycles. The average molecular weight is 210 g/mol. The van der Waals surface area contributed by atoms with Crippen LogP contribution in [-0.4, -0.2) is 5.91 Å². The summed E-state index contributed by atoms with van der Waals surface area (Å²) in [5.74, 6) is 0.141. The van der Waals surface area contributed by atoms with Gasteiger partial charge in [-0.1, -0.05) is 23.7 Å². The number of halogens is 1. The third-order valence-electron chi connectivity index (χ3n) is 2.58. The monoisotopic (exact) mass is 209 g/mol. The van der Waals surface area contributed by atoms with Gasteiger partial charge in [0.25, 0.3) is 0 Å². The maximum atomic E-state index is 11.0. The van der Waals surface area contributed by atoms with Gasteiger partial charge in [-0.05, 0) is 30.5 Å². The first-order valence-electron chi connectivity index (χ1n) is 4.72. The van der Waals surface area contributed by atoms with Crippen LogP contribution in [0.2, 0.25) is 5.02 Å². The molecule has 1 aromatic carbocycles. The first kappa shape index (κ1) is 9.53. The summed E-state index contributed by atoms with van der Waals surface area (Å²) in [7, 11) is 0. The van der Waals surface area contributed by atoms with Gasteiger partial charge in [0.05, 0.1) is 6.04 Å². The Kier molecular flexibility index (Phi) is 2.46. The molecule has 0 aliphatic carbocycles. The number of carbonyl (C=O) groups excluding carboxylic acids is 1. The number of hydrogen-bond acceptors (Lipinski definition) is 1. The molecule has 0 saturated carbocycles. The van der Waals surface area contributed by atoms with Crippen LogP contribution in [-0.2, 0) is 4.79 Å². The fraction of sp³-hybridized carbons (Fsp3) is 0.364. The van der Waals surface area contributed by atoms with Crippen molar-refractivity contribution < 1.29 is 4.79 Å². The fourth-order valence-corrected chi connectivity index (χ4v) is 1.87. The fourth-order valence-electron chi connectivity index (χ4n) is 1.75. The Bertz CT molecular complexity index is 376. The molecular formula is C11H12ClNO. The molecule has 1 aliphatic heterocycles. The summed E-state index contributed by atoms with van der Waals surface area (Å²) in [5.41, 5.74) is 2.21. The van der Waals surface area contributed by atoms with Crippen LogP contribution in [0.5, 0.6) is 0 Å². The van der Waals surface area contributed by atoms with E-state index in [9.17, 15) is 4.79 Å². The SMILES string of the molecule is Cc1cc([C@H]2CCC(=O)N2)ccc1Cl. The predicted octanol–water partition coefficient (Wildman–Crippen LogP) is 2.60. The van der Waals surface area contributed by atoms with E-state index in [-0.39, 0.29) is 11.9 Å². The first-order valence-corrected chi connectivity index (χ1v) is 5.10. The molecule has 1 fully saturated rings. The zero-order chi connectivity index (χ0) is 10.1. The van der Waals surface area contributed by atoms with Gasteiger partial charge in [-0.2, -0.15) is 0 Å². The van der Waals surface area contributed by atoms with Gasteiger partial charge in [0.1, 0.15) is 0 Å². The molecule has 1 N–H and O–H groups in total. The average Bonchev–Trinajstić information content (AvgIpc) is 2.57. The van der Waals surface area contributed by atoms with Crippen molar-refractivity contribution in [3.8, 4) is 0 Å². The van der Waals surface area contributed by atoms with Crippen LogP contribution in [0.25, 0.3) is 0 Å². The second kappa shape index (κ2) is 3.62. The Morgan fingerprint density at radius 1 is 1.50 bits per heavy atom. The summed E-state index contributed by atoms with van der Waals surface area (Å²) < 4.78 is 0. The largest absolute Gasteiger partial charge is 0.349 e. The molecule has 0 bridgehead atoms. The lowest BCUT2D eigenvalue weighted by molar-refractivity contribution is -0.119. The Hall–Kier alpha value is -1.02. The Morgan fingerprint density at radius 3 is 2.86 bits per heavy atom. The van der Waals surface area contributed by atoms with Gasteiger partial charge in [0, 0.05) is 11.4 Å². The van der Waals surface area contributed by atoms with Gasteiger partial charge in [0.15, 0.2) is 0 Å². The smallest absolute Gasteiger partial charge is 0.220 e. The van der Waals surface area contributed by atoms with E-state index in [1.54, 1.807) is 0 Å². The molecule has 0 unspecified atom stereocenters. The van der Waals surface area contributed by atoms with Crippen LogP contribution in [0.3, 0.4) is 0 Å². The molecular weight excluding hydrogens is 198 g/mol. The molecule has 74 valence electrons. The molecule has 1 aromatic rings. The van der Waals surface area contributed by atoms with Crippen molar-refractivity contribution >= 4 is 17.5 Å². The second-order valence-corrected chi connectivity index (χ2v) is 4.07. The molecule has 3 heteroatoms. The standard InChI is InChI=1S/C11H12ClNO/c1-7-6-8(2-3-9(7)12)10-4-5-11(14)13-10/h2-3,6,10H,4-5H2,1H3,(H,13,14)/t10-/m1/s1. The summed E-state index contributed by atoms with van der Waals surface area (Å²) in [6.45, 7) is 1.97. The summed E-state index contributed by atoms with van der Waals surface area (Å²) >= 11 is 5.93. The van der Waals surface area contributed by atoms with Gasteiger partial charge >= 0.3 is 0 Å². The molecule has 0 radical (unpaired) electrons. The van der Waals surface area contributed by atoms with Gasteiger partial charge in [0.2, 0.25) is 5.91 Å². The summed E-state index contributed by atoms with van der Waals surface area (Å²) in [4.78, 5) is 11.0. The molecule has 1 amide bonds. The summed E-state index contributed by atoms with van der Waals surface area (Å²) in [5, 5.41) is 3.71. The third-order valence-corrected chi connectivity index (χ3v) is 3.00. The van der Waals surface area contributed by atoms with Gasteiger partial charge in [-0.15, -0.1) is 0 Å². The van der Waals surface area contributed by atoms with Crippen molar-refractivity contribution in [3.05, 3.63) is 34.3 Å². The highest BCUT2D eigenvalue weighted by Gasteiger charge is 2.22. The maximum absolute atomic E-state index is 11.0. The van der Waals surface area contributed by atoms with Crippen LogP contribution in [0.1, 0.15) is 30.0 Å². The van der Waals surface area contributed by atoms with E-state index in [4.69, 9.17) is 11.6 Å². The van der Waals surface area contributed by atoms with Crippen LogP contribution in [0.15, 0.2) is 18.2 Å². The normalized spacial score (nSPS) is 21.0. The van der Waals surface area contributed by atoms with Crippen molar-refractivity contribution in [2.75, 3.05) is 0 Å². The van der Waals surface area contributed by atoms with Crippen LogP contribution < -0.4 is 5.32 Å². The number of rotatable bonds is 1. The van der Waals surface area contributed by atoms with Crippen molar-refractivity contribution in [2.45, 2.75) is 25.8 Å². The lowest BCUT2D eigenvalue weighted by Gasteiger charge is -2.11. The highest BCUT2D eigenvalue weighted by Crippen LogP contribution is 2.26. The molecule has 1 aliphatic rings. The van der Waals surface area contributed by atoms with E-state index in [2.05, 4.69) is 5.32 Å². The molecule has 0 spiro atoms. The number of carbonyl (C=O) groups is 1. The van der Waals surface area contributed by atoms with Crippen LogP contribution in [0, 0.1) is 6.92 Å². The lowest BCUT2D eigenvalue weighted by atomic mass is 10.0. The van der Waals surface area contributed by atoms with Gasteiger partial charge in [-0.25, -0.2) is 0 Å². The topological polar surface area (TPSA) is 29.1 Å². The molecule has 0 aromatic heterocycles. The van der Waals surface area contributed by atoms with Gasteiger partial charge < -0.3 is 5.32 Å².